The van der Waals surface area contributed by atoms with Crippen molar-refractivity contribution in [3.63, 3.8) is 0 Å². The number of allylic oxidation sites excluding steroid dienone is 4. The van der Waals surface area contributed by atoms with Gasteiger partial charge in [0.05, 0.1) is 0 Å². The van der Waals surface area contributed by atoms with Gasteiger partial charge in [0.15, 0.2) is 0 Å². The van der Waals surface area contributed by atoms with Gasteiger partial charge in [0.2, 0.25) is 0 Å². The van der Waals surface area contributed by atoms with Crippen LogP contribution in [0.1, 0.15) is 84.0 Å². The van der Waals surface area contributed by atoms with E-state index in [4.69, 9.17) is 5.11 Å². The standard InChI is InChI=1S/C18H32O2/c1-2-3-4-5-6-7-8-9-10-11-12-13-14-15-16-17-18(19)20/h6-7,12-13H,2-5,8-11,14-17H2,1H3,(H,19,20)/b7-6-,13-12-. The van der Waals surface area contributed by atoms with E-state index >= 15 is 0 Å². The van der Waals surface area contributed by atoms with E-state index < -0.39 is 5.97 Å². The molecule has 0 aliphatic heterocycles. The Labute approximate surface area is 125 Å². The molecule has 0 aromatic carbocycles. The normalized spacial score (nSPS) is 11.7. The second-order valence-corrected chi connectivity index (χ2v) is 5.36. The lowest BCUT2D eigenvalue weighted by Crippen LogP contribution is -1.92. The molecule has 0 rings (SSSR count). The Bertz CT molecular complexity index is 267. The van der Waals surface area contributed by atoms with Gasteiger partial charge in [-0.2, -0.15) is 0 Å². The van der Waals surface area contributed by atoms with E-state index in [1.54, 1.807) is 0 Å². The molecule has 0 saturated carbocycles. The van der Waals surface area contributed by atoms with Crippen molar-refractivity contribution in [1.29, 1.82) is 0 Å². The van der Waals surface area contributed by atoms with E-state index in [0.717, 1.165) is 25.7 Å². The molecule has 0 saturated heterocycles. The summed E-state index contributed by atoms with van der Waals surface area (Å²) in [7, 11) is 0. The van der Waals surface area contributed by atoms with Crippen molar-refractivity contribution in [2.45, 2.75) is 84.0 Å². The van der Waals surface area contributed by atoms with Gasteiger partial charge >= 0.3 is 5.97 Å². The van der Waals surface area contributed by atoms with Crippen LogP contribution >= 0.6 is 0 Å². The van der Waals surface area contributed by atoms with Crippen molar-refractivity contribution in [2.75, 3.05) is 0 Å². The van der Waals surface area contributed by atoms with Crippen molar-refractivity contribution < 1.29 is 9.90 Å². The van der Waals surface area contributed by atoms with Gasteiger partial charge in [0.25, 0.3) is 0 Å². The summed E-state index contributed by atoms with van der Waals surface area (Å²) in [5, 5.41) is 8.49. The van der Waals surface area contributed by atoms with Crippen LogP contribution in [0, 0.1) is 0 Å². The lowest BCUT2D eigenvalue weighted by Gasteiger charge is -1.95. The zero-order valence-corrected chi connectivity index (χ0v) is 13.2. The number of unbranched alkanes of at least 4 members (excludes halogenated alkanes) is 8. The van der Waals surface area contributed by atoms with Crippen LogP contribution in [0.3, 0.4) is 0 Å². The van der Waals surface area contributed by atoms with Crippen molar-refractivity contribution in [1.82, 2.24) is 0 Å². The van der Waals surface area contributed by atoms with Crippen molar-refractivity contribution in [3.05, 3.63) is 24.3 Å². The predicted molar refractivity (Wildman–Crippen MR) is 87.0 cm³/mol. The van der Waals surface area contributed by atoms with Crippen LogP contribution in [0.4, 0.5) is 0 Å². The molecule has 20 heavy (non-hydrogen) atoms. The first kappa shape index (κ1) is 18.9. The molecule has 0 aliphatic rings. The fourth-order valence-corrected chi connectivity index (χ4v) is 2.05. The van der Waals surface area contributed by atoms with Crippen LogP contribution < -0.4 is 0 Å². The summed E-state index contributed by atoms with van der Waals surface area (Å²) in [5.74, 6) is -0.684. The molecule has 0 heterocycles. The largest absolute Gasteiger partial charge is 0.481 e. The zero-order valence-electron chi connectivity index (χ0n) is 13.2. The molecule has 2 nitrogen and oxygen atoms in total. The van der Waals surface area contributed by atoms with Gasteiger partial charge in [-0.05, 0) is 57.8 Å². The molecule has 2 heteroatoms. The number of carbonyl (C=O) groups is 1. The van der Waals surface area contributed by atoms with Crippen LogP contribution in [0.25, 0.3) is 0 Å². The van der Waals surface area contributed by atoms with Crippen molar-refractivity contribution >= 4 is 5.97 Å². The SMILES string of the molecule is CCCCC/C=C\CCCC/C=C\CCCCC(=O)O. The molecule has 0 amide bonds. The van der Waals surface area contributed by atoms with E-state index in [1.165, 1.54) is 44.9 Å². The Kier molecular flexibility index (Phi) is 15.2. The highest BCUT2D eigenvalue weighted by molar-refractivity contribution is 5.66. The molecule has 116 valence electrons. The van der Waals surface area contributed by atoms with Gasteiger partial charge < -0.3 is 5.11 Å². The summed E-state index contributed by atoms with van der Waals surface area (Å²) in [6.45, 7) is 2.24. The maximum atomic E-state index is 10.3. The van der Waals surface area contributed by atoms with Gasteiger partial charge in [-0.25, -0.2) is 0 Å². The summed E-state index contributed by atoms with van der Waals surface area (Å²) in [5.41, 5.74) is 0. The molecule has 0 aliphatic carbocycles. The minimum atomic E-state index is -0.684. The lowest BCUT2D eigenvalue weighted by atomic mass is 10.1. The van der Waals surface area contributed by atoms with Crippen molar-refractivity contribution in [3.8, 4) is 0 Å². The zero-order chi connectivity index (χ0) is 14.9. The molecular formula is C18H32O2. The summed E-state index contributed by atoms with van der Waals surface area (Å²) in [6, 6.07) is 0. The topological polar surface area (TPSA) is 37.3 Å². The summed E-state index contributed by atoms with van der Waals surface area (Å²) < 4.78 is 0. The molecule has 0 aromatic heterocycles. The quantitative estimate of drug-likeness (QED) is 0.318. The van der Waals surface area contributed by atoms with E-state index in [9.17, 15) is 4.79 Å². The molecule has 0 aromatic rings. The molecule has 0 atom stereocenters. The number of hydrogen-bond acceptors (Lipinski definition) is 1. The summed E-state index contributed by atoms with van der Waals surface area (Å²) in [4.78, 5) is 10.3. The Balaban J connectivity index is 3.17. The third-order valence-corrected chi connectivity index (χ3v) is 3.31. The molecule has 0 radical (unpaired) electrons. The minimum Gasteiger partial charge on any atom is -0.481 e. The highest BCUT2D eigenvalue weighted by atomic mass is 16.4. The highest BCUT2D eigenvalue weighted by Crippen LogP contribution is 2.06. The Morgan fingerprint density at radius 1 is 0.750 bits per heavy atom. The number of carboxylic acid groups (broad SMARTS) is 1. The monoisotopic (exact) mass is 280 g/mol. The molecule has 1 N–H and O–H groups in total. The first-order valence-electron chi connectivity index (χ1n) is 8.29. The second kappa shape index (κ2) is 16.0. The third kappa shape index (κ3) is 16.9. The van der Waals surface area contributed by atoms with Crippen LogP contribution in [-0.2, 0) is 4.79 Å². The fraction of sp³-hybridized carbons (Fsp3) is 0.722. The van der Waals surface area contributed by atoms with Crippen LogP contribution in [0.2, 0.25) is 0 Å². The maximum Gasteiger partial charge on any atom is 0.303 e. The number of hydrogen-bond donors (Lipinski definition) is 1. The molecule has 0 fully saturated rings. The van der Waals surface area contributed by atoms with Gasteiger partial charge in [0, 0.05) is 6.42 Å². The lowest BCUT2D eigenvalue weighted by molar-refractivity contribution is -0.137. The first-order valence-corrected chi connectivity index (χ1v) is 8.29. The second-order valence-electron chi connectivity index (χ2n) is 5.36. The van der Waals surface area contributed by atoms with Gasteiger partial charge in [-0.3, -0.25) is 4.79 Å². The van der Waals surface area contributed by atoms with E-state index in [0.29, 0.717) is 6.42 Å². The Morgan fingerprint density at radius 2 is 1.15 bits per heavy atom. The average molecular weight is 280 g/mol. The summed E-state index contributed by atoms with van der Waals surface area (Å²) in [6.07, 6.45) is 22.3. The van der Waals surface area contributed by atoms with Gasteiger partial charge in [-0.1, -0.05) is 44.1 Å². The van der Waals surface area contributed by atoms with E-state index in [1.807, 2.05) is 0 Å². The Hall–Kier alpha value is -1.05. The Morgan fingerprint density at radius 3 is 1.55 bits per heavy atom. The number of rotatable bonds is 14. The van der Waals surface area contributed by atoms with E-state index in [2.05, 4.69) is 31.2 Å². The van der Waals surface area contributed by atoms with Crippen molar-refractivity contribution in [2.24, 2.45) is 0 Å². The van der Waals surface area contributed by atoms with Crippen LogP contribution in [0.15, 0.2) is 24.3 Å². The van der Waals surface area contributed by atoms with Gasteiger partial charge in [-0.15, -0.1) is 0 Å². The van der Waals surface area contributed by atoms with Gasteiger partial charge in [0.1, 0.15) is 0 Å². The first-order chi connectivity index (χ1) is 9.77. The smallest absolute Gasteiger partial charge is 0.303 e. The summed E-state index contributed by atoms with van der Waals surface area (Å²) >= 11 is 0. The molecule has 0 spiro atoms. The van der Waals surface area contributed by atoms with Crippen LogP contribution in [0.5, 0.6) is 0 Å². The molecular weight excluding hydrogens is 248 g/mol. The third-order valence-electron chi connectivity index (χ3n) is 3.31. The predicted octanol–water partition coefficient (Wildman–Crippen LogP) is 5.88. The van der Waals surface area contributed by atoms with Crippen LogP contribution in [-0.4, -0.2) is 11.1 Å². The average Bonchev–Trinajstić information content (AvgIpc) is 2.43. The highest BCUT2D eigenvalue weighted by Gasteiger charge is 1.94. The molecule has 0 unspecified atom stereocenters. The number of aliphatic carboxylic acids is 1. The van der Waals surface area contributed by atoms with E-state index in [-0.39, 0.29) is 0 Å². The maximum absolute atomic E-state index is 10.3. The molecule has 0 bridgehead atoms. The fourth-order valence-electron chi connectivity index (χ4n) is 2.05. The minimum absolute atomic E-state index is 0.304. The number of carboxylic acids is 1.